The van der Waals surface area contributed by atoms with Crippen LogP contribution in [0.4, 0.5) is 0 Å². The number of aliphatic carboxylic acids is 1. The molecule has 0 unspecified atom stereocenters. The van der Waals surface area contributed by atoms with E-state index in [9.17, 15) is 19.5 Å². The van der Waals surface area contributed by atoms with Crippen molar-refractivity contribution in [3.63, 3.8) is 0 Å². The number of nitrogens with zero attached hydrogens (tertiary/aromatic N) is 4. The molecule has 2 amide bonds. The highest BCUT2D eigenvalue weighted by atomic mass is 16.7. The number of carboxylic acid groups (broad SMARTS) is 1. The summed E-state index contributed by atoms with van der Waals surface area (Å²) in [5.41, 5.74) is 0.889. The number of hydrogen-bond acceptors (Lipinski definition) is 7. The molecule has 0 aromatic heterocycles. The highest BCUT2D eigenvalue weighted by Crippen LogP contribution is 2.43. The number of benzene rings is 1. The number of unbranched alkanes of at least 4 members (excludes halogenated alkanes) is 1. The molecule has 40 heavy (non-hydrogen) atoms. The van der Waals surface area contributed by atoms with E-state index in [-0.39, 0.29) is 37.1 Å². The summed E-state index contributed by atoms with van der Waals surface area (Å²) in [7, 11) is 4.07. The van der Waals surface area contributed by atoms with E-state index in [4.69, 9.17) is 9.47 Å². The molecule has 2 fully saturated rings. The van der Waals surface area contributed by atoms with Gasteiger partial charge in [0.05, 0.1) is 12.5 Å². The van der Waals surface area contributed by atoms with Crippen molar-refractivity contribution in [1.29, 1.82) is 0 Å². The third-order valence-electron chi connectivity index (χ3n) is 8.46. The lowest BCUT2D eigenvalue weighted by molar-refractivity contribution is -0.144. The molecule has 0 saturated carbocycles. The van der Waals surface area contributed by atoms with Gasteiger partial charge in [-0.2, -0.15) is 0 Å². The number of fused-ring (bicyclic) bond motifs is 1. The lowest BCUT2D eigenvalue weighted by Gasteiger charge is -2.30. The second-order valence-electron chi connectivity index (χ2n) is 11.6. The Hall–Kier alpha value is -2.85. The summed E-state index contributed by atoms with van der Waals surface area (Å²) in [5.74, 6) is -0.271. The minimum Gasteiger partial charge on any atom is -0.481 e. The molecule has 0 spiro atoms. The first kappa shape index (κ1) is 30.1. The number of carbonyl (C=O) groups is 3. The minimum absolute atomic E-state index is 0.0578. The van der Waals surface area contributed by atoms with Gasteiger partial charge in [0.2, 0.25) is 18.6 Å². The van der Waals surface area contributed by atoms with Gasteiger partial charge < -0.3 is 29.3 Å². The van der Waals surface area contributed by atoms with Gasteiger partial charge in [0.15, 0.2) is 11.5 Å². The van der Waals surface area contributed by atoms with Gasteiger partial charge in [-0.05, 0) is 70.4 Å². The van der Waals surface area contributed by atoms with E-state index >= 15 is 0 Å². The summed E-state index contributed by atoms with van der Waals surface area (Å²) in [6.45, 7) is 6.68. The quantitative estimate of drug-likeness (QED) is 0.351. The van der Waals surface area contributed by atoms with Gasteiger partial charge in [-0.3, -0.25) is 19.3 Å². The number of ether oxygens (including phenoxy) is 2. The number of amides is 2. The monoisotopic (exact) mass is 558 g/mol. The van der Waals surface area contributed by atoms with Crippen LogP contribution >= 0.6 is 0 Å². The van der Waals surface area contributed by atoms with E-state index < -0.39 is 11.9 Å². The maximum Gasteiger partial charge on any atom is 0.308 e. The van der Waals surface area contributed by atoms with Crippen molar-refractivity contribution in [2.75, 3.05) is 66.7 Å². The molecule has 222 valence electrons. The number of carboxylic acids is 1. The fourth-order valence-electron chi connectivity index (χ4n) is 6.33. The molecular weight excluding hydrogens is 512 g/mol. The molecule has 3 heterocycles. The van der Waals surface area contributed by atoms with Crippen molar-refractivity contribution in [2.45, 2.75) is 63.8 Å². The number of carbonyl (C=O) groups excluding carboxylic acids is 2. The highest BCUT2D eigenvalue weighted by Gasteiger charge is 2.47. The van der Waals surface area contributed by atoms with Crippen molar-refractivity contribution >= 4 is 17.8 Å². The zero-order valence-corrected chi connectivity index (χ0v) is 24.3. The highest BCUT2D eigenvalue weighted by molar-refractivity contribution is 5.79. The summed E-state index contributed by atoms with van der Waals surface area (Å²) in [5, 5.41) is 10.5. The third kappa shape index (κ3) is 7.46. The average Bonchev–Trinajstić information content (AvgIpc) is 3.64. The third-order valence-corrected chi connectivity index (χ3v) is 8.46. The Labute approximate surface area is 238 Å². The minimum atomic E-state index is -0.853. The molecule has 10 heteroatoms. The van der Waals surface area contributed by atoms with Gasteiger partial charge in [0, 0.05) is 51.1 Å². The molecule has 0 aliphatic carbocycles. The summed E-state index contributed by atoms with van der Waals surface area (Å²) in [6, 6.07) is 5.36. The van der Waals surface area contributed by atoms with Crippen LogP contribution in [0.25, 0.3) is 0 Å². The van der Waals surface area contributed by atoms with E-state index in [0.29, 0.717) is 56.9 Å². The normalized spacial score (nSPS) is 22.4. The van der Waals surface area contributed by atoms with Crippen molar-refractivity contribution in [3.8, 4) is 11.5 Å². The van der Waals surface area contributed by atoms with Gasteiger partial charge >= 0.3 is 5.97 Å². The van der Waals surface area contributed by atoms with E-state index in [1.807, 2.05) is 42.1 Å². The predicted octanol–water partition coefficient (Wildman–Crippen LogP) is 2.87. The van der Waals surface area contributed by atoms with Crippen molar-refractivity contribution in [3.05, 3.63) is 23.8 Å². The maximum atomic E-state index is 13.7. The molecular formula is C30H46N4O6. The summed E-state index contributed by atoms with van der Waals surface area (Å²) in [6.07, 6.45) is 5.65. The second kappa shape index (κ2) is 14.2. The number of rotatable bonds is 15. The zero-order chi connectivity index (χ0) is 28.6. The first-order valence-electron chi connectivity index (χ1n) is 14.8. The zero-order valence-electron chi connectivity index (χ0n) is 24.3. The predicted molar refractivity (Wildman–Crippen MR) is 151 cm³/mol. The standard InChI is InChI=1S/C30H46N4O6/c1-4-5-14-33(17-8-13-31(2)3)28(36)20-34-19-23(22-11-12-25-26(18-22)40-21-39-25)29(30(37)38)24(34)9-6-15-32-16-7-10-27(32)35/h11-12,18,23-24,29H,4-10,13-17,19-21H2,1-3H3,(H,37,38)/t23-,24+,29-/m1/s1. The molecule has 10 nitrogen and oxygen atoms in total. The molecule has 1 aromatic carbocycles. The molecule has 3 aliphatic rings. The van der Waals surface area contributed by atoms with Crippen LogP contribution in [0.1, 0.15) is 63.4 Å². The summed E-state index contributed by atoms with van der Waals surface area (Å²) >= 11 is 0. The van der Waals surface area contributed by atoms with Crippen LogP contribution in [0.5, 0.6) is 11.5 Å². The van der Waals surface area contributed by atoms with Crippen LogP contribution in [0.3, 0.4) is 0 Å². The smallest absolute Gasteiger partial charge is 0.308 e. The molecule has 2 saturated heterocycles. The maximum absolute atomic E-state index is 13.7. The molecule has 0 radical (unpaired) electrons. The Balaban J connectivity index is 1.52. The van der Waals surface area contributed by atoms with Crippen LogP contribution in [-0.4, -0.2) is 115 Å². The molecule has 3 atom stereocenters. The first-order valence-corrected chi connectivity index (χ1v) is 14.8. The van der Waals surface area contributed by atoms with Gasteiger partial charge in [0.1, 0.15) is 0 Å². The Morgan fingerprint density at radius 2 is 1.85 bits per heavy atom. The molecule has 1 aromatic rings. The van der Waals surface area contributed by atoms with E-state index in [1.165, 1.54) is 0 Å². The number of hydrogen-bond donors (Lipinski definition) is 1. The van der Waals surface area contributed by atoms with Crippen molar-refractivity contribution in [1.82, 2.24) is 19.6 Å². The van der Waals surface area contributed by atoms with Crippen LogP contribution in [0.15, 0.2) is 18.2 Å². The lowest BCUT2D eigenvalue weighted by Crippen LogP contribution is -2.45. The Bertz CT molecular complexity index is 1030. The van der Waals surface area contributed by atoms with Crippen LogP contribution in [0, 0.1) is 5.92 Å². The van der Waals surface area contributed by atoms with Gasteiger partial charge in [-0.15, -0.1) is 0 Å². The van der Waals surface area contributed by atoms with Gasteiger partial charge in [-0.25, -0.2) is 0 Å². The molecule has 3 aliphatic heterocycles. The van der Waals surface area contributed by atoms with E-state index in [0.717, 1.165) is 44.3 Å². The van der Waals surface area contributed by atoms with Crippen LogP contribution in [-0.2, 0) is 14.4 Å². The molecule has 1 N–H and O–H groups in total. The summed E-state index contributed by atoms with van der Waals surface area (Å²) < 4.78 is 11.0. The first-order chi connectivity index (χ1) is 19.3. The lowest BCUT2D eigenvalue weighted by atomic mass is 9.83. The fraction of sp³-hybridized carbons (Fsp3) is 0.700. The Morgan fingerprint density at radius 3 is 2.55 bits per heavy atom. The Kier molecular flexibility index (Phi) is 10.7. The average molecular weight is 559 g/mol. The van der Waals surface area contributed by atoms with E-state index in [2.05, 4.69) is 16.7 Å². The molecule has 0 bridgehead atoms. The molecule has 4 rings (SSSR count). The van der Waals surface area contributed by atoms with Crippen LogP contribution < -0.4 is 9.47 Å². The second-order valence-corrected chi connectivity index (χ2v) is 11.6. The summed E-state index contributed by atoms with van der Waals surface area (Å²) in [4.78, 5) is 46.6. The van der Waals surface area contributed by atoms with Crippen LogP contribution in [0.2, 0.25) is 0 Å². The number of likely N-dealkylation sites (tertiary alicyclic amines) is 2. The van der Waals surface area contributed by atoms with E-state index in [1.54, 1.807) is 0 Å². The van der Waals surface area contributed by atoms with Gasteiger partial charge in [0.25, 0.3) is 0 Å². The van der Waals surface area contributed by atoms with Crippen molar-refractivity contribution < 1.29 is 29.0 Å². The topological polar surface area (TPSA) is 103 Å². The van der Waals surface area contributed by atoms with Gasteiger partial charge in [-0.1, -0.05) is 19.4 Å². The van der Waals surface area contributed by atoms with Crippen molar-refractivity contribution in [2.24, 2.45) is 5.92 Å². The largest absolute Gasteiger partial charge is 0.481 e. The fourth-order valence-corrected chi connectivity index (χ4v) is 6.33. The Morgan fingerprint density at radius 1 is 1.07 bits per heavy atom. The SMILES string of the molecule is CCCCN(CCCN(C)C)C(=O)CN1C[C@H](c2ccc3c(c2)OCO3)[C@@H](C(=O)O)[C@@H]1CCCN1CCCC1=O.